The summed E-state index contributed by atoms with van der Waals surface area (Å²) in [6.07, 6.45) is 2.09. The van der Waals surface area contributed by atoms with Crippen molar-refractivity contribution >= 4 is 6.09 Å². The van der Waals surface area contributed by atoms with Gasteiger partial charge in [-0.15, -0.1) is 0 Å². The summed E-state index contributed by atoms with van der Waals surface area (Å²) in [5.74, 6) is 0.475. The first-order chi connectivity index (χ1) is 7.37. The zero-order valence-corrected chi connectivity index (χ0v) is 10.3. The molecule has 0 aromatic rings. The van der Waals surface area contributed by atoms with Crippen LogP contribution in [0.2, 0.25) is 0 Å². The lowest BCUT2D eigenvalue weighted by molar-refractivity contribution is 0.0206. The third-order valence-corrected chi connectivity index (χ3v) is 3.40. The number of fused-ring (bicyclic) bond motifs is 1. The highest BCUT2D eigenvalue weighted by Gasteiger charge is 2.44. The van der Waals surface area contributed by atoms with Gasteiger partial charge in [0.25, 0.3) is 0 Å². The fourth-order valence-electron chi connectivity index (χ4n) is 2.78. The van der Waals surface area contributed by atoms with Gasteiger partial charge < -0.3 is 14.7 Å². The Hall–Kier alpha value is -0.770. The maximum absolute atomic E-state index is 11.9. The number of rotatable bonds is 0. The van der Waals surface area contributed by atoms with Crippen molar-refractivity contribution in [1.82, 2.24) is 4.90 Å². The molecule has 0 aromatic heterocycles. The molecule has 1 saturated heterocycles. The van der Waals surface area contributed by atoms with E-state index in [1.807, 2.05) is 20.8 Å². The van der Waals surface area contributed by atoms with E-state index in [1.165, 1.54) is 0 Å². The number of ether oxygens (including phenoxy) is 1. The third-order valence-electron chi connectivity index (χ3n) is 3.40. The van der Waals surface area contributed by atoms with Gasteiger partial charge in [-0.1, -0.05) is 0 Å². The van der Waals surface area contributed by atoms with E-state index in [1.54, 1.807) is 4.90 Å². The number of carbonyl (C=O) groups excluding carboxylic acids is 1. The maximum atomic E-state index is 11.9. The number of aliphatic hydroxyl groups excluding tert-OH is 1. The van der Waals surface area contributed by atoms with Gasteiger partial charge in [-0.3, -0.25) is 0 Å². The van der Waals surface area contributed by atoms with Gasteiger partial charge in [-0.25, -0.2) is 4.79 Å². The SMILES string of the molecule is CC(C)(C)OC(=O)N1CC[C@H]2CC(O)C[C@H]21. The average Bonchev–Trinajstić information content (AvgIpc) is 2.58. The van der Waals surface area contributed by atoms with Crippen LogP contribution in [-0.4, -0.2) is 40.4 Å². The van der Waals surface area contributed by atoms with Crippen LogP contribution in [0.25, 0.3) is 0 Å². The number of hydrogen-bond acceptors (Lipinski definition) is 3. The van der Waals surface area contributed by atoms with Crippen LogP contribution in [0.1, 0.15) is 40.0 Å². The standard InChI is InChI=1S/C12H21NO3/c1-12(2,3)16-11(15)13-5-4-8-6-9(14)7-10(8)13/h8-10,14H,4-7H2,1-3H3/t8-,9?,10+/m0/s1. The zero-order chi connectivity index (χ0) is 11.9. The highest BCUT2D eigenvalue weighted by molar-refractivity contribution is 5.69. The second-order valence-electron chi connectivity index (χ2n) is 5.92. The second-order valence-corrected chi connectivity index (χ2v) is 5.92. The molecule has 4 heteroatoms. The van der Waals surface area contributed by atoms with Crippen LogP contribution >= 0.6 is 0 Å². The molecule has 0 bridgehead atoms. The molecule has 1 heterocycles. The number of likely N-dealkylation sites (tertiary alicyclic amines) is 1. The van der Waals surface area contributed by atoms with Crippen LogP contribution in [0.15, 0.2) is 0 Å². The van der Waals surface area contributed by atoms with E-state index in [-0.39, 0.29) is 18.2 Å². The minimum absolute atomic E-state index is 0.199. The molecule has 92 valence electrons. The quantitative estimate of drug-likeness (QED) is 0.686. The third kappa shape index (κ3) is 2.32. The van der Waals surface area contributed by atoms with Crippen molar-refractivity contribution in [1.29, 1.82) is 0 Å². The molecule has 2 rings (SSSR count). The zero-order valence-electron chi connectivity index (χ0n) is 10.3. The Bertz CT molecular complexity index is 284. The van der Waals surface area contributed by atoms with E-state index in [2.05, 4.69) is 0 Å². The first kappa shape index (κ1) is 11.7. The van der Waals surface area contributed by atoms with E-state index < -0.39 is 5.60 Å². The number of carbonyl (C=O) groups is 1. The smallest absolute Gasteiger partial charge is 0.410 e. The average molecular weight is 227 g/mol. The van der Waals surface area contributed by atoms with Gasteiger partial charge in [-0.2, -0.15) is 0 Å². The van der Waals surface area contributed by atoms with E-state index in [0.29, 0.717) is 12.3 Å². The van der Waals surface area contributed by atoms with Gasteiger partial charge in [0.1, 0.15) is 5.60 Å². The van der Waals surface area contributed by atoms with Crippen molar-refractivity contribution < 1.29 is 14.6 Å². The van der Waals surface area contributed by atoms with Gasteiger partial charge in [0.05, 0.1) is 6.10 Å². The molecule has 1 aliphatic carbocycles. The minimum atomic E-state index is -0.438. The number of hydrogen-bond donors (Lipinski definition) is 1. The van der Waals surface area contributed by atoms with Crippen molar-refractivity contribution in [3.63, 3.8) is 0 Å². The van der Waals surface area contributed by atoms with Crippen LogP contribution in [0.3, 0.4) is 0 Å². The molecule has 2 fully saturated rings. The van der Waals surface area contributed by atoms with Crippen LogP contribution in [0, 0.1) is 5.92 Å². The molecule has 4 nitrogen and oxygen atoms in total. The lowest BCUT2D eigenvalue weighted by atomic mass is 10.0. The Morgan fingerprint density at radius 2 is 2.06 bits per heavy atom. The largest absolute Gasteiger partial charge is 0.444 e. The molecule has 2 aliphatic rings. The van der Waals surface area contributed by atoms with E-state index in [4.69, 9.17) is 4.74 Å². The predicted octanol–water partition coefficient (Wildman–Crippen LogP) is 1.77. The van der Waals surface area contributed by atoms with E-state index in [0.717, 1.165) is 19.4 Å². The summed E-state index contributed by atoms with van der Waals surface area (Å²) in [6.45, 7) is 6.41. The van der Waals surface area contributed by atoms with Gasteiger partial charge in [-0.05, 0) is 46.0 Å². The van der Waals surface area contributed by atoms with E-state index >= 15 is 0 Å². The predicted molar refractivity (Wildman–Crippen MR) is 60.1 cm³/mol. The Balaban J connectivity index is 1.98. The summed E-state index contributed by atoms with van der Waals surface area (Å²) in [5.41, 5.74) is -0.438. The van der Waals surface area contributed by atoms with Gasteiger partial charge in [0.2, 0.25) is 0 Å². The summed E-state index contributed by atoms with van der Waals surface area (Å²) in [7, 11) is 0. The van der Waals surface area contributed by atoms with Crippen LogP contribution < -0.4 is 0 Å². The van der Waals surface area contributed by atoms with Crippen LogP contribution in [-0.2, 0) is 4.74 Å². The molecule has 1 unspecified atom stereocenters. The fourth-order valence-corrected chi connectivity index (χ4v) is 2.78. The van der Waals surface area contributed by atoms with Crippen molar-refractivity contribution in [2.45, 2.75) is 57.8 Å². The summed E-state index contributed by atoms with van der Waals surface area (Å²) < 4.78 is 5.37. The molecule has 1 N–H and O–H groups in total. The summed E-state index contributed by atoms with van der Waals surface area (Å²) in [4.78, 5) is 13.7. The molecule has 3 atom stereocenters. The second kappa shape index (κ2) is 3.91. The molecular formula is C12H21NO3. The lowest BCUT2D eigenvalue weighted by Gasteiger charge is -2.28. The van der Waals surface area contributed by atoms with Crippen molar-refractivity contribution in [2.24, 2.45) is 5.92 Å². The van der Waals surface area contributed by atoms with E-state index in [9.17, 15) is 9.90 Å². The topological polar surface area (TPSA) is 49.8 Å². The Morgan fingerprint density at radius 3 is 2.69 bits per heavy atom. The number of aliphatic hydroxyl groups is 1. The molecule has 0 radical (unpaired) electrons. The van der Waals surface area contributed by atoms with Gasteiger partial charge in [0, 0.05) is 12.6 Å². The molecule has 1 aliphatic heterocycles. The van der Waals surface area contributed by atoms with Gasteiger partial charge in [0.15, 0.2) is 0 Å². The molecular weight excluding hydrogens is 206 g/mol. The van der Waals surface area contributed by atoms with Crippen molar-refractivity contribution in [3.8, 4) is 0 Å². The highest BCUT2D eigenvalue weighted by Crippen LogP contribution is 2.38. The highest BCUT2D eigenvalue weighted by atomic mass is 16.6. The fraction of sp³-hybridized carbons (Fsp3) is 0.917. The monoisotopic (exact) mass is 227 g/mol. The normalized spacial score (nSPS) is 34.0. The first-order valence-corrected chi connectivity index (χ1v) is 6.04. The molecule has 0 aromatic carbocycles. The van der Waals surface area contributed by atoms with Crippen molar-refractivity contribution in [3.05, 3.63) is 0 Å². The Morgan fingerprint density at radius 1 is 1.38 bits per heavy atom. The van der Waals surface area contributed by atoms with Gasteiger partial charge >= 0.3 is 6.09 Å². The lowest BCUT2D eigenvalue weighted by Crippen LogP contribution is -2.40. The summed E-state index contributed by atoms with van der Waals surface area (Å²) >= 11 is 0. The van der Waals surface area contributed by atoms with Crippen LogP contribution in [0.4, 0.5) is 4.79 Å². The summed E-state index contributed by atoms with van der Waals surface area (Å²) in [5, 5.41) is 9.59. The maximum Gasteiger partial charge on any atom is 0.410 e. The molecule has 1 amide bonds. The molecule has 16 heavy (non-hydrogen) atoms. The number of amides is 1. The molecule has 1 saturated carbocycles. The first-order valence-electron chi connectivity index (χ1n) is 6.04. The minimum Gasteiger partial charge on any atom is -0.444 e. The Kier molecular flexibility index (Phi) is 2.86. The Labute approximate surface area is 96.6 Å². The van der Waals surface area contributed by atoms with Crippen molar-refractivity contribution in [2.75, 3.05) is 6.54 Å². The summed E-state index contributed by atoms with van der Waals surface area (Å²) in [6, 6.07) is 0.199. The number of nitrogens with zero attached hydrogens (tertiary/aromatic N) is 1. The van der Waals surface area contributed by atoms with Crippen LogP contribution in [0.5, 0.6) is 0 Å². The molecule has 0 spiro atoms.